The van der Waals surface area contributed by atoms with Gasteiger partial charge in [0.25, 0.3) is 5.91 Å². The molecule has 3 aromatic heterocycles. The van der Waals surface area contributed by atoms with Gasteiger partial charge in [0.2, 0.25) is 5.82 Å². The van der Waals surface area contributed by atoms with Gasteiger partial charge in [0.05, 0.1) is 16.9 Å². The molecule has 0 aliphatic heterocycles. The summed E-state index contributed by atoms with van der Waals surface area (Å²) in [5.41, 5.74) is 1.33. The van der Waals surface area contributed by atoms with Crippen molar-refractivity contribution in [2.45, 2.75) is 12.2 Å². The molecule has 0 aliphatic rings. The second-order valence-electron chi connectivity index (χ2n) is 6.45. The fourth-order valence-corrected chi connectivity index (χ4v) is 3.30. The van der Waals surface area contributed by atoms with E-state index in [1.807, 2.05) is 5.32 Å². The summed E-state index contributed by atoms with van der Waals surface area (Å²) in [5.74, 6) is -1.15. The molecule has 0 aliphatic carbocycles. The molecule has 30 heavy (non-hydrogen) atoms. The Morgan fingerprint density at radius 3 is 2.57 bits per heavy atom. The highest BCUT2D eigenvalue weighted by atomic mass is 35.5. The summed E-state index contributed by atoms with van der Waals surface area (Å²) in [6, 6.07) is 13.8. The van der Waals surface area contributed by atoms with Crippen molar-refractivity contribution in [2.75, 3.05) is 0 Å². The number of alkyl halides is 3. The van der Waals surface area contributed by atoms with E-state index in [2.05, 4.69) is 9.97 Å². The average molecular weight is 431 g/mol. The molecule has 0 saturated heterocycles. The standard InChI is InChI=1S/C21H14ClF3N4O/c22-14-7-5-6-13(12-14)17-16-9-2-4-11-29(16)19(27-17)20(30)28-18(21(23,24)25)15-8-1-3-10-26-15/h1-12,18H,(H,28,30). The SMILES string of the molecule is O=C(NC(c1ccccn1)C(F)(F)F)c1nc(-c2cccc(Cl)c2)c2ccccn12. The molecule has 1 amide bonds. The minimum Gasteiger partial charge on any atom is -0.333 e. The maximum Gasteiger partial charge on any atom is 0.414 e. The van der Waals surface area contributed by atoms with Crippen LogP contribution in [0.25, 0.3) is 16.8 Å². The summed E-state index contributed by atoms with van der Waals surface area (Å²) < 4.78 is 42.3. The zero-order valence-corrected chi connectivity index (χ0v) is 16.0. The lowest BCUT2D eigenvalue weighted by atomic mass is 10.1. The van der Waals surface area contributed by atoms with Gasteiger partial charge < -0.3 is 5.32 Å². The third-order valence-corrected chi connectivity index (χ3v) is 4.67. The van der Waals surface area contributed by atoms with E-state index in [0.29, 0.717) is 21.8 Å². The number of carbonyl (C=O) groups excluding carboxylic acids is 1. The molecular weight excluding hydrogens is 417 g/mol. The van der Waals surface area contributed by atoms with Gasteiger partial charge in [-0.25, -0.2) is 4.98 Å². The fraction of sp³-hybridized carbons (Fsp3) is 0.0952. The number of pyridine rings is 2. The molecule has 0 fully saturated rings. The Morgan fingerprint density at radius 1 is 1.07 bits per heavy atom. The van der Waals surface area contributed by atoms with E-state index in [1.165, 1.54) is 28.8 Å². The second kappa shape index (κ2) is 7.79. The summed E-state index contributed by atoms with van der Waals surface area (Å²) in [7, 11) is 0. The molecule has 1 unspecified atom stereocenters. The number of aromatic nitrogens is 3. The van der Waals surface area contributed by atoms with Gasteiger partial charge in [0.1, 0.15) is 0 Å². The van der Waals surface area contributed by atoms with Crippen LogP contribution in [0.5, 0.6) is 0 Å². The number of nitrogens with zero attached hydrogens (tertiary/aromatic N) is 3. The van der Waals surface area contributed by atoms with Crippen molar-refractivity contribution in [3.8, 4) is 11.3 Å². The predicted octanol–water partition coefficient (Wildman–Crippen LogP) is 5.08. The Balaban J connectivity index is 1.77. The van der Waals surface area contributed by atoms with E-state index >= 15 is 0 Å². The summed E-state index contributed by atoms with van der Waals surface area (Å²) in [4.78, 5) is 20.9. The molecule has 4 aromatic rings. The lowest BCUT2D eigenvalue weighted by Gasteiger charge is -2.20. The molecular formula is C21H14ClF3N4O. The first kappa shape index (κ1) is 19.9. The first-order valence-corrected chi connectivity index (χ1v) is 9.24. The van der Waals surface area contributed by atoms with E-state index in [0.717, 1.165) is 0 Å². The van der Waals surface area contributed by atoms with Crippen LogP contribution in [-0.2, 0) is 0 Å². The number of carbonyl (C=O) groups is 1. The van der Waals surface area contributed by atoms with E-state index in [9.17, 15) is 18.0 Å². The van der Waals surface area contributed by atoms with Crippen LogP contribution in [0.4, 0.5) is 13.2 Å². The minimum atomic E-state index is -4.73. The van der Waals surface area contributed by atoms with Crippen LogP contribution in [0, 0.1) is 0 Å². The van der Waals surface area contributed by atoms with Gasteiger partial charge in [-0.3, -0.25) is 14.2 Å². The third-order valence-electron chi connectivity index (χ3n) is 4.44. The molecule has 5 nitrogen and oxygen atoms in total. The Bertz CT molecular complexity index is 1210. The normalized spacial score (nSPS) is 12.7. The van der Waals surface area contributed by atoms with Crippen LogP contribution >= 0.6 is 11.6 Å². The molecule has 4 rings (SSSR count). The number of amides is 1. The molecule has 0 spiro atoms. The summed E-state index contributed by atoms with van der Waals surface area (Å²) in [5, 5.41) is 2.50. The number of hydrogen-bond donors (Lipinski definition) is 1. The maximum atomic E-state index is 13.6. The molecule has 1 aromatic carbocycles. The van der Waals surface area contributed by atoms with Gasteiger partial charge >= 0.3 is 6.18 Å². The van der Waals surface area contributed by atoms with Crippen LogP contribution in [0.1, 0.15) is 22.4 Å². The summed E-state index contributed by atoms with van der Waals surface area (Å²) in [6.45, 7) is 0. The van der Waals surface area contributed by atoms with Gasteiger partial charge in [0.15, 0.2) is 6.04 Å². The molecule has 9 heteroatoms. The quantitative estimate of drug-likeness (QED) is 0.491. The average Bonchev–Trinajstić information content (AvgIpc) is 3.11. The minimum absolute atomic E-state index is 0.175. The summed E-state index contributed by atoms with van der Waals surface area (Å²) in [6.07, 6.45) is -1.93. The Labute approximate surface area is 174 Å². The smallest absolute Gasteiger partial charge is 0.333 e. The molecule has 1 atom stereocenters. The van der Waals surface area contributed by atoms with E-state index in [1.54, 1.807) is 48.7 Å². The van der Waals surface area contributed by atoms with Gasteiger partial charge in [-0.1, -0.05) is 35.9 Å². The van der Waals surface area contributed by atoms with Gasteiger partial charge in [-0.2, -0.15) is 13.2 Å². The molecule has 1 N–H and O–H groups in total. The van der Waals surface area contributed by atoms with Crippen molar-refractivity contribution >= 4 is 23.0 Å². The first-order chi connectivity index (χ1) is 14.3. The zero-order valence-electron chi connectivity index (χ0n) is 15.3. The number of halogens is 4. The molecule has 3 heterocycles. The lowest BCUT2D eigenvalue weighted by molar-refractivity contribution is -0.156. The molecule has 0 saturated carbocycles. The number of hydrogen-bond acceptors (Lipinski definition) is 3. The highest BCUT2D eigenvalue weighted by Gasteiger charge is 2.43. The zero-order chi connectivity index (χ0) is 21.3. The predicted molar refractivity (Wildman–Crippen MR) is 106 cm³/mol. The lowest BCUT2D eigenvalue weighted by Crippen LogP contribution is -2.39. The molecule has 0 bridgehead atoms. The first-order valence-electron chi connectivity index (χ1n) is 8.86. The number of nitrogens with one attached hydrogen (secondary N) is 1. The van der Waals surface area contributed by atoms with Crippen molar-refractivity contribution in [3.63, 3.8) is 0 Å². The van der Waals surface area contributed by atoms with Crippen LogP contribution in [0.2, 0.25) is 5.02 Å². The maximum absolute atomic E-state index is 13.6. The van der Waals surface area contributed by atoms with Crippen molar-refractivity contribution in [1.82, 2.24) is 19.7 Å². The van der Waals surface area contributed by atoms with Gasteiger partial charge in [-0.05, 0) is 36.4 Å². The number of imidazole rings is 1. The van der Waals surface area contributed by atoms with E-state index in [4.69, 9.17) is 11.6 Å². The Kier molecular flexibility index (Phi) is 5.17. The van der Waals surface area contributed by atoms with Crippen molar-refractivity contribution in [2.24, 2.45) is 0 Å². The van der Waals surface area contributed by atoms with Gasteiger partial charge in [0, 0.05) is 23.0 Å². The fourth-order valence-electron chi connectivity index (χ4n) is 3.11. The van der Waals surface area contributed by atoms with E-state index < -0.39 is 18.1 Å². The van der Waals surface area contributed by atoms with Crippen molar-refractivity contribution < 1.29 is 18.0 Å². The number of benzene rings is 1. The highest BCUT2D eigenvalue weighted by Crippen LogP contribution is 2.32. The largest absolute Gasteiger partial charge is 0.414 e. The highest BCUT2D eigenvalue weighted by molar-refractivity contribution is 6.30. The topological polar surface area (TPSA) is 59.3 Å². The van der Waals surface area contributed by atoms with Crippen LogP contribution < -0.4 is 5.32 Å². The monoisotopic (exact) mass is 430 g/mol. The van der Waals surface area contributed by atoms with Gasteiger partial charge in [-0.15, -0.1) is 0 Å². The van der Waals surface area contributed by atoms with Crippen molar-refractivity contribution in [3.05, 3.63) is 89.6 Å². The second-order valence-corrected chi connectivity index (χ2v) is 6.89. The molecule has 0 radical (unpaired) electrons. The summed E-state index contributed by atoms with van der Waals surface area (Å²) >= 11 is 6.06. The van der Waals surface area contributed by atoms with Crippen LogP contribution in [0.3, 0.4) is 0 Å². The third kappa shape index (κ3) is 3.86. The van der Waals surface area contributed by atoms with Crippen LogP contribution in [0.15, 0.2) is 73.1 Å². The van der Waals surface area contributed by atoms with Crippen LogP contribution in [-0.4, -0.2) is 26.5 Å². The Hall–Kier alpha value is -3.39. The van der Waals surface area contributed by atoms with Crippen molar-refractivity contribution in [1.29, 1.82) is 0 Å². The Morgan fingerprint density at radius 2 is 1.87 bits per heavy atom. The molecule has 152 valence electrons. The number of rotatable bonds is 4. The number of fused-ring (bicyclic) bond motifs is 1. The van der Waals surface area contributed by atoms with E-state index in [-0.39, 0.29) is 11.5 Å².